The molecule has 6 heteroatoms. The summed E-state index contributed by atoms with van der Waals surface area (Å²) in [4.78, 5) is 21.8. The van der Waals surface area contributed by atoms with Crippen molar-refractivity contribution in [3.05, 3.63) is 48.8 Å². The van der Waals surface area contributed by atoms with E-state index in [1.54, 1.807) is 18.5 Å². The molecule has 21 heavy (non-hydrogen) atoms. The van der Waals surface area contributed by atoms with E-state index < -0.39 is 0 Å². The Kier molecular flexibility index (Phi) is 3.51. The lowest BCUT2D eigenvalue weighted by Gasteiger charge is -2.30. The number of esters is 1. The van der Waals surface area contributed by atoms with Crippen LogP contribution in [0.2, 0.25) is 0 Å². The number of ether oxygens (including phenoxy) is 1. The summed E-state index contributed by atoms with van der Waals surface area (Å²) < 4.78 is 4.59. The first-order chi connectivity index (χ1) is 10.3. The van der Waals surface area contributed by atoms with Crippen LogP contribution < -0.4 is 10.2 Å². The Morgan fingerprint density at radius 3 is 3.00 bits per heavy atom. The van der Waals surface area contributed by atoms with E-state index >= 15 is 0 Å². The first-order valence-electron chi connectivity index (χ1n) is 6.48. The van der Waals surface area contributed by atoms with Crippen molar-refractivity contribution >= 4 is 29.0 Å². The third-order valence-electron chi connectivity index (χ3n) is 3.13. The number of aromatic nitrogens is 2. The molecule has 0 aliphatic carbocycles. The SMILES string of the molecule is COC(=O)C=CCN1c2ccccc2Nc2nccnc21. The minimum absolute atomic E-state index is 0.377. The number of para-hydroxylation sites is 2. The number of methoxy groups -OCH3 is 1. The van der Waals surface area contributed by atoms with E-state index in [1.165, 1.54) is 13.2 Å². The molecule has 0 saturated carbocycles. The lowest BCUT2D eigenvalue weighted by molar-refractivity contribution is -0.134. The Morgan fingerprint density at radius 2 is 2.14 bits per heavy atom. The predicted molar refractivity (Wildman–Crippen MR) is 79.9 cm³/mol. The van der Waals surface area contributed by atoms with Gasteiger partial charge in [0.15, 0.2) is 11.6 Å². The van der Waals surface area contributed by atoms with Crippen molar-refractivity contribution in [2.24, 2.45) is 0 Å². The number of nitrogens with zero attached hydrogens (tertiary/aromatic N) is 3. The monoisotopic (exact) mass is 282 g/mol. The van der Waals surface area contributed by atoms with Gasteiger partial charge in [-0.2, -0.15) is 0 Å². The normalized spacial score (nSPS) is 12.5. The maximum atomic E-state index is 11.2. The number of anilines is 4. The second-order valence-electron chi connectivity index (χ2n) is 4.41. The van der Waals surface area contributed by atoms with Gasteiger partial charge < -0.3 is 15.0 Å². The van der Waals surface area contributed by atoms with Crippen LogP contribution in [0.1, 0.15) is 0 Å². The maximum absolute atomic E-state index is 11.2. The molecule has 0 unspecified atom stereocenters. The average molecular weight is 282 g/mol. The van der Waals surface area contributed by atoms with Gasteiger partial charge in [0.1, 0.15) is 0 Å². The fourth-order valence-corrected chi connectivity index (χ4v) is 2.18. The van der Waals surface area contributed by atoms with Gasteiger partial charge in [-0.15, -0.1) is 0 Å². The molecule has 2 aromatic rings. The highest BCUT2D eigenvalue weighted by Crippen LogP contribution is 2.40. The number of nitrogens with one attached hydrogen (secondary N) is 1. The molecule has 0 radical (unpaired) electrons. The molecule has 0 saturated heterocycles. The summed E-state index contributed by atoms with van der Waals surface area (Å²) in [5, 5.41) is 3.25. The Hall–Kier alpha value is -2.89. The minimum Gasteiger partial charge on any atom is -0.466 e. The van der Waals surface area contributed by atoms with E-state index in [4.69, 9.17) is 0 Å². The molecule has 0 bridgehead atoms. The Balaban J connectivity index is 1.95. The third-order valence-corrected chi connectivity index (χ3v) is 3.13. The van der Waals surface area contributed by atoms with Gasteiger partial charge in [-0.3, -0.25) is 0 Å². The fourth-order valence-electron chi connectivity index (χ4n) is 2.18. The van der Waals surface area contributed by atoms with Gasteiger partial charge in [-0.1, -0.05) is 18.2 Å². The van der Waals surface area contributed by atoms with Crippen LogP contribution in [-0.2, 0) is 9.53 Å². The molecule has 2 heterocycles. The molecule has 1 N–H and O–H groups in total. The predicted octanol–water partition coefficient (Wildman–Crippen LogP) is 2.40. The van der Waals surface area contributed by atoms with Crippen molar-refractivity contribution in [1.29, 1.82) is 0 Å². The number of rotatable bonds is 3. The van der Waals surface area contributed by atoms with E-state index in [2.05, 4.69) is 20.0 Å². The van der Waals surface area contributed by atoms with Crippen molar-refractivity contribution in [2.75, 3.05) is 23.9 Å². The van der Waals surface area contributed by atoms with Crippen LogP contribution in [0.3, 0.4) is 0 Å². The number of fused-ring (bicyclic) bond motifs is 2. The van der Waals surface area contributed by atoms with E-state index in [-0.39, 0.29) is 5.97 Å². The summed E-state index contributed by atoms with van der Waals surface area (Å²) in [5.74, 6) is 1.05. The van der Waals surface area contributed by atoms with Crippen LogP contribution in [0.15, 0.2) is 48.8 Å². The summed E-state index contributed by atoms with van der Waals surface area (Å²) in [6.07, 6.45) is 6.43. The van der Waals surface area contributed by atoms with Gasteiger partial charge in [0.25, 0.3) is 0 Å². The average Bonchev–Trinajstić information content (AvgIpc) is 2.54. The number of hydrogen-bond donors (Lipinski definition) is 1. The Bertz CT molecular complexity index is 654. The second kappa shape index (κ2) is 5.62. The molecule has 0 fully saturated rings. The number of hydrogen-bond acceptors (Lipinski definition) is 6. The second-order valence-corrected chi connectivity index (χ2v) is 4.41. The van der Waals surface area contributed by atoms with Crippen molar-refractivity contribution in [1.82, 2.24) is 9.97 Å². The van der Waals surface area contributed by atoms with E-state index in [0.717, 1.165) is 17.2 Å². The largest absolute Gasteiger partial charge is 0.466 e. The molecule has 1 aliphatic rings. The molecular formula is C15H14N4O2. The fraction of sp³-hybridized carbons (Fsp3) is 0.133. The van der Waals surface area contributed by atoms with Crippen LogP contribution in [0.5, 0.6) is 0 Å². The Labute approximate surface area is 122 Å². The summed E-state index contributed by atoms with van der Waals surface area (Å²) in [5.41, 5.74) is 1.94. The van der Waals surface area contributed by atoms with Crippen molar-refractivity contribution < 1.29 is 9.53 Å². The van der Waals surface area contributed by atoms with E-state index in [9.17, 15) is 4.79 Å². The van der Waals surface area contributed by atoms with Crippen molar-refractivity contribution in [3.8, 4) is 0 Å². The lowest BCUT2D eigenvalue weighted by Crippen LogP contribution is -2.24. The molecule has 3 rings (SSSR count). The van der Waals surface area contributed by atoms with Crippen LogP contribution in [-0.4, -0.2) is 29.6 Å². The molecule has 1 aromatic heterocycles. The minimum atomic E-state index is -0.377. The van der Waals surface area contributed by atoms with Crippen molar-refractivity contribution in [3.63, 3.8) is 0 Å². The zero-order chi connectivity index (χ0) is 14.7. The van der Waals surface area contributed by atoms with Gasteiger partial charge in [-0.05, 0) is 12.1 Å². The Morgan fingerprint density at radius 1 is 1.33 bits per heavy atom. The van der Waals surface area contributed by atoms with Gasteiger partial charge in [0.2, 0.25) is 0 Å². The third kappa shape index (κ3) is 2.55. The summed E-state index contributed by atoms with van der Waals surface area (Å²) in [6.45, 7) is 0.499. The highest BCUT2D eigenvalue weighted by molar-refractivity contribution is 5.88. The first-order valence-corrected chi connectivity index (χ1v) is 6.48. The zero-order valence-corrected chi connectivity index (χ0v) is 11.5. The maximum Gasteiger partial charge on any atom is 0.330 e. The zero-order valence-electron chi connectivity index (χ0n) is 11.5. The van der Waals surface area contributed by atoms with Crippen LogP contribution in [0, 0.1) is 0 Å². The van der Waals surface area contributed by atoms with Crippen LogP contribution in [0.4, 0.5) is 23.0 Å². The molecule has 0 atom stereocenters. The van der Waals surface area contributed by atoms with E-state index in [1.807, 2.05) is 29.2 Å². The molecule has 106 valence electrons. The molecule has 0 spiro atoms. The summed E-state index contributed by atoms with van der Waals surface area (Å²) in [6, 6.07) is 7.88. The molecule has 1 aliphatic heterocycles. The molecule has 1 aromatic carbocycles. The molecule has 6 nitrogen and oxygen atoms in total. The van der Waals surface area contributed by atoms with E-state index in [0.29, 0.717) is 12.4 Å². The number of carbonyl (C=O) groups is 1. The quantitative estimate of drug-likeness (QED) is 0.688. The topological polar surface area (TPSA) is 67.3 Å². The number of benzene rings is 1. The van der Waals surface area contributed by atoms with Gasteiger partial charge in [-0.25, -0.2) is 14.8 Å². The molecule has 0 amide bonds. The lowest BCUT2D eigenvalue weighted by atomic mass is 10.2. The van der Waals surface area contributed by atoms with Gasteiger partial charge in [0.05, 0.1) is 18.5 Å². The summed E-state index contributed by atoms with van der Waals surface area (Å²) in [7, 11) is 1.35. The number of carbonyl (C=O) groups excluding carboxylic acids is 1. The van der Waals surface area contributed by atoms with Crippen LogP contribution in [0.25, 0.3) is 0 Å². The molecular weight excluding hydrogens is 268 g/mol. The summed E-state index contributed by atoms with van der Waals surface area (Å²) >= 11 is 0. The van der Waals surface area contributed by atoms with Gasteiger partial charge in [0, 0.05) is 25.0 Å². The standard InChI is InChI=1S/C15H14N4O2/c1-21-13(20)7-4-10-19-12-6-3-2-5-11(12)18-14-15(19)17-9-8-16-14/h2-9H,10H2,1H3,(H,16,18). The highest BCUT2D eigenvalue weighted by Gasteiger charge is 2.23. The van der Waals surface area contributed by atoms with Gasteiger partial charge >= 0.3 is 5.97 Å². The first kappa shape index (κ1) is 13.1. The smallest absolute Gasteiger partial charge is 0.330 e. The van der Waals surface area contributed by atoms with Crippen molar-refractivity contribution in [2.45, 2.75) is 0 Å². The van der Waals surface area contributed by atoms with Crippen LogP contribution >= 0.6 is 0 Å². The highest BCUT2D eigenvalue weighted by atomic mass is 16.5.